The predicted octanol–water partition coefficient (Wildman–Crippen LogP) is 3.10. The number of nitrogens with zero attached hydrogens (tertiary/aromatic N) is 1. The summed E-state index contributed by atoms with van der Waals surface area (Å²) in [6, 6.07) is 6.22. The molecule has 3 rings (SSSR count). The van der Waals surface area contributed by atoms with Crippen molar-refractivity contribution in [3.8, 4) is 5.75 Å². The van der Waals surface area contributed by atoms with Gasteiger partial charge in [0.05, 0.1) is 0 Å². The number of fused-ring (bicyclic) bond motifs is 1. The Balaban J connectivity index is 0.00000133. The van der Waals surface area contributed by atoms with Gasteiger partial charge in [-0.1, -0.05) is 0 Å². The Kier molecular flexibility index (Phi) is 4.61. The van der Waals surface area contributed by atoms with Crippen molar-refractivity contribution >= 4 is 23.2 Å². The summed E-state index contributed by atoms with van der Waals surface area (Å²) < 4.78 is 6.13. The number of hydrogen-bond donors (Lipinski definition) is 1. The monoisotopic (exact) mass is 278 g/mol. The van der Waals surface area contributed by atoms with E-state index in [9.17, 15) is 0 Å². The molecule has 0 unspecified atom stereocenters. The van der Waals surface area contributed by atoms with Crippen molar-refractivity contribution in [1.29, 1.82) is 0 Å². The summed E-state index contributed by atoms with van der Waals surface area (Å²) in [5.41, 5.74) is 1.22. The van der Waals surface area contributed by atoms with E-state index in [1.807, 2.05) is 12.4 Å². The lowest BCUT2D eigenvalue weighted by Crippen LogP contribution is -2.34. The van der Waals surface area contributed by atoms with Crippen molar-refractivity contribution < 1.29 is 4.74 Å². The Hall–Kier alpha value is -1.32. The first-order valence-electron chi connectivity index (χ1n) is 6.55. The minimum absolute atomic E-state index is 0. The zero-order valence-electron chi connectivity index (χ0n) is 11.1. The molecule has 1 saturated heterocycles. The molecule has 4 heteroatoms. The number of pyridine rings is 1. The molecule has 0 spiro atoms. The van der Waals surface area contributed by atoms with E-state index in [1.54, 1.807) is 0 Å². The summed E-state index contributed by atoms with van der Waals surface area (Å²) in [4.78, 5) is 4.15. The Labute approximate surface area is 119 Å². The van der Waals surface area contributed by atoms with Crippen molar-refractivity contribution in [2.45, 2.75) is 25.9 Å². The third-order valence-corrected chi connectivity index (χ3v) is 3.62. The van der Waals surface area contributed by atoms with Crippen LogP contribution in [0, 0.1) is 6.92 Å². The predicted molar refractivity (Wildman–Crippen MR) is 80.2 cm³/mol. The lowest BCUT2D eigenvalue weighted by molar-refractivity contribution is 0.161. The third kappa shape index (κ3) is 2.99. The highest BCUT2D eigenvalue weighted by Gasteiger charge is 2.15. The topological polar surface area (TPSA) is 34.1 Å². The van der Waals surface area contributed by atoms with E-state index in [-0.39, 0.29) is 12.4 Å². The van der Waals surface area contributed by atoms with Crippen LogP contribution in [0.2, 0.25) is 0 Å². The summed E-state index contributed by atoms with van der Waals surface area (Å²) in [6.07, 6.45) is 6.27. The molecule has 0 aliphatic carbocycles. The first kappa shape index (κ1) is 14.1. The summed E-state index contributed by atoms with van der Waals surface area (Å²) in [6.45, 7) is 4.24. The van der Waals surface area contributed by atoms with Gasteiger partial charge in [0, 0.05) is 17.8 Å². The first-order chi connectivity index (χ1) is 8.84. The number of piperidine rings is 1. The molecule has 0 saturated carbocycles. The lowest BCUT2D eigenvalue weighted by atomic mass is 10.1. The fourth-order valence-corrected chi connectivity index (χ4v) is 2.52. The van der Waals surface area contributed by atoms with Crippen molar-refractivity contribution in [3.63, 3.8) is 0 Å². The molecule has 1 aliphatic rings. The number of hydrogen-bond acceptors (Lipinski definition) is 3. The van der Waals surface area contributed by atoms with Gasteiger partial charge in [-0.25, -0.2) is 0 Å². The third-order valence-electron chi connectivity index (χ3n) is 3.62. The molecule has 1 aliphatic heterocycles. The molecule has 0 bridgehead atoms. The van der Waals surface area contributed by atoms with Crippen molar-refractivity contribution in [3.05, 3.63) is 36.2 Å². The normalized spacial score (nSPS) is 16.1. The Bertz CT molecular complexity index is 553. The van der Waals surface area contributed by atoms with Gasteiger partial charge in [-0.3, -0.25) is 4.98 Å². The quantitative estimate of drug-likeness (QED) is 0.917. The lowest BCUT2D eigenvalue weighted by Gasteiger charge is -2.25. The van der Waals surface area contributed by atoms with Crippen LogP contribution in [0.1, 0.15) is 18.4 Å². The van der Waals surface area contributed by atoms with Crippen LogP contribution in [-0.2, 0) is 0 Å². The van der Waals surface area contributed by atoms with E-state index in [1.165, 1.54) is 16.3 Å². The number of aromatic nitrogens is 1. The second-order valence-corrected chi connectivity index (χ2v) is 4.85. The van der Waals surface area contributed by atoms with Gasteiger partial charge in [0.1, 0.15) is 11.9 Å². The van der Waals surface area contributed by atoms with Gasteiger partial charge in [0.15, 0.2) is 0 Å². The molecule has 0 atom stereocenters. The summed E-state index contributed by atoms with van der Waals surface area (Å²) in [5.74, 6) is 1.01. The molecular weight excluding hydrogens is 260 g/mol. The van der Waals surface area contributed by atoms with Gasteiger partial charge >= 0.3 is 0 Å². The minimum Gasteiger partial charge on any atom is -0.490 e. The maximum absolute atomic E-state index is 6.13. The fraction of sp³-hybridized carbons (Fsp3) is 0.400. The zero-order valence-corrected chi connectivity index (χ0v) is 11.9. The molecule has 2 heterocycles. The highest BCUT2D eigenvalue weighted by atomic mass is 35.5. The molecule has 0 radical (unpaired) electrons. The largest absolute Gasteiger partial charge is 0.490 e. The number of ether oxygens (including phenoxy) is 1. The van der Waals surface area contributed by atoms with Crippen LogP contribution >= 0.6 is 12.4 Å². The smallest absolute Gasteiger partial charge is 0.123 e. The van der Waals surface area contributed by atoms with Crippen LogP contribution < -0.4 is 10.1 Å². The van der Waals surface area contributed by atoms with Crippen molar-refractivity contribution in [2.75, 3.05) is 13.1 Å². The van der Waals surface area contributed by atoms with Crippen molar-refractivity contribution in [2.24, 2.45) is 0 Å². The van der Waals surface area contributed by atoms with Crippen molar-refractivity contribution in [1.82, 2.24) is 10.3 Å². The summed E-state index contributed by atoms with van der Waals surface area (Å²) in [7, 11) is 0. The molecule has 102 valence electrons. The number of halogens is 1. The first-order valence-corrected chi connectivity index (χ1v) is 6.55. The number of benzene rings is 1. The molecule has 19 heavy (non-hydrogen) atoms. The van der Waals surface area contributed by atoms with E-state index in [4.69, 9.17) is 4.74 Å². The van der Waals surface area contributed by atoms with E-state index in [0.717, 1.165) is 31.7 Å². The second-order valence-electron chi connectivity index (χ2n) is 4.85. The second kappa shape index (κ2) is 6.22. The number of aryl methyl sites for hydroxylation is 1. The van der Waals surface area contributed by atoms with E-state index >= 15 is 0 Å². The molecule has 1 aromatic carbocycles. The minimum atomic E-state index is 0. The van der Waals surface area contributed by atoms with Crippen LogP contribution in [0.4, 0.5) is 0 Å². The molecule has 3 nitrogen and oxygen atoms in total. The average Bonchev–Trinajstić information content (AvgIpc) is 2.43. The van der Waals surface area contributed by atoms with Gasteiger partial charge in [-0.2, -0.15) is 0 Å². The van der Waals surface area contributed by atoms with Gasteiger partial charge in [-0.15, -0.1) is 12.4 Å². The molecule has 1 fully saturated rings. The maximum atomic E-state index is 6.13. The highest BCUT2D eigenvalue weighted by Crippen LogP contribution is 2.28. The number of nitrogens with one attached hydrogen (secondary N) is 1. The van der Waals surface area contributed by atoms with Crippen LogP contribution in [-0.4, -0.2) is 24.2 Å². The molecule has 1 N–H and O–H groups in total. The van der Waals surface area contributed by atoms with Crippen LogP contribution in [0.25, 0.3) is 10.8 Å². The Morgan fingerprint density at radius 2 is 2.00 bits per heavy atom. The van der Waals surface area contributed by atoms with E-state index < -0.39 is 0 Å². The van der Waals surface area contributed by atoms with E-state index in [0.29, 0.717) is 6.10 Å². The Morgan fingerprint density at radius 1 is 1.21 bits per heavy atom. The van der Waals surface area contributed by atoms with Gasteiger partial charge in [0.2, 0.25) is 0 Å². The van der Waals surface area contributed by atoms with Gasteiger partial charge in [0.25, 0.3) is 0 Å². The molecular formula is C15H19ClN2O. The van der Waals surface area contributed by atoms with Crippen LogP contribution in [0.5, 0.6) is 5.75 Å². The SMILES string of the molecule is Cc1c(OC2CCNCC2)ccc2cnccc12.Cl. The molecule has 0 amide bonds. The fourth-order valence-electron chi connectivity index (χ4n) is 2.52. The van der Waals surface area contributed by atoms with Crippen LogP contribution in [0.15, 0.2) is 30.6 Å². The summed E-state index contributed by atoms with van der Waals surface area (Å²) >= 11 is 0. The standard InChI is InChI=1S/C15H18N2O.ClH/c1-11-14-6-9-17-10-12(14)2-3-15(11)18-13-4-7-16-8-5-13;/h2-3,6,9-10,13,16H,4-5,7-8H2,1H3;1H. The summed E-state index contributed by atoms with van der Waals surface area (Å²) in [5, 5.41) is 5.76. The zero-order chi connectivity index (χ0) is 12.4. The average molecular weight is 279 g/mol. The highest BCUT2D eigenvalue weighted by molar-refractivity contribution is 5.86. The van der Waals surface area contributed by atoms with Crippen LogP contribution in [0.3, 0.4) is 0 Å². The maximum Gasteiger partial charge on any atom is 0.123 e. The molecule has 2 aromatic rings. The number of rotatable bonds is 2. The Morgan fingerprint density at radius 3 is 2.79 bits per heavy atom. The molecule has 1 aromatic heterocycles. The van der Waals surface area contributed by atoms with Gasteiger partial charge in [-0.05, 0) is 62.0 Å². The van der Waals surface area contributed by atoms with E-state index in [2.05, 4.69) is 35.4 Å². The van der Waals surface area contributed by atoms with Gasteiger partial charge < -0.3 is 10.1 Å².